The van der Waals surface area contributed by atoms with Gasteiger partial charge in [0.05, 0.1) is 10.6 Å². The predicted molar refractivity (Wildman–Crippen MR) is 88.8 cm³/mol. The molecule has 1 aromatic carbocycles. The standard InChI is InChI=1S/C17H25ClN2O/c1-17(2,3)13-6-4-5-7-15(13)20-11-8-9-12(16(19)21)14(18)10-11/h8-10,13,15,20H,4-7H2,1-3H3,(H2,19,21). The van der Waals surface area contributed by atoms with E-state index in [9.17, 15) is 4.79 Å². The highest BCUT2D eigenvalue weighted by atomic mass is 35.5. The number of nitrogens with one attached hydrogen (secondary N) is 1. The maximum absolute atomic E-state index is 11.2. The minimum atomic E-state index is -0.489. The van der Waals surface area contributed by atoms with Gasteiger partial charge in [0.25, 0.3) is 0 Å². The van der Waals surface area contributed by atoms with Crippen LogP contribution in [0.4, 0.5) is 5.69 Å². The largest absolute Gasteiger partial charge is 0.382 e. The smallest absolute Gasteiger partial charge is 0.250 e. The van der Waals surface area contributed by atoms with Gasteiger partial charge in [-0.05, 0) is 42.4 Å². The Balaban J connectivity index is 2.16. The van der Waals surface area contributed by atoms with Crippen LogP contribution in [-0.4, -0.2) is 11.9 Å². The van der Waals surface area contributed by atoms with Crippen molar-refractivity contribution in [2.75, 3.05) is 5.32 Å². The van der Waals surface area contributed by atoms with Gasteiger partial charge < -0.3 is 11.1 Å². The average molecular weight is 309 g/mol. The number of benzene rings is 1. The lowest BCUT2D eigenvalue weighted by Crippen LogP contribution is -2.39. The van der Waals surface area contributed by atoms with Gasteiger partial charge >= 0.3 is 0 Å². The van der Waals surface area contributed by atoms with E-state index in [4.69, 9.17) is 17.3 Å². The third kappa shape index (κ3) is 3.91. The lowest BCUT2D eigenvalue weighted by molar-refractivity contribution is 0.100. The lowest BCUT2D eigenvalue weighted by Gasteiger charge is -2.41. The number of rotatable bonds is 3. The molecule has 4 heteroatoms. The number of hydrogen-bond acceptors (Lipinski definition) is 2. The zero-order valence-electron chi connectivity index (χ0n) is 13.1. The minimum absolute atomic E-state index is 0.287. The van der Waals surface area contributed by atoms with Gasteiger partial charge in [0.15, 0.2) is 0 Å². The second-order valence-electron chi connectivity index (χ2n) is 7.07. The first-order valence-corrected chi connectivity index (χ1v) is 8.02. The van der Waals surface area contributed by atoms with Crippen LogP contribution in [-0.2, 0) is 0 Å². The molecular weight excluding hydrogens is 284 g/mol. The van der Waals surface area contributed by atoms with Crippen LogP contribution in [0.3, 0.4) is 0 Å². The molecule has 2 atom stereocenters. The summed E-state index contributed by atoms with van der Waals surface area (Å²) >= 11 is 6.13. The zero-order chi connectivity index (χ0) is 15.6. The number of anilines is 1. The van der Waals surface area contributed by atoms with Crippen LogP contribution >= 0.6 is 11.6 Å². The Bertz CT molecular complexity index is 522. The van der Waals surface area contributed by atoms with Crippen molar-refractivity contribution in [3.8, 4) is 0 Å². The summed E-state index contributed by atoms with van der Waals surface area (Å²) in [5, 5.41) is 4.02. The fourth-order valence-corrected chi connectivity index (χ4v) is 3.63. The van der Waals surface area contributed by atoms with Crippen molar-refractivity contribution in [2.45, 2.75) is 52.5 Å². The summed E-state index contributed by atoms with van der Waals surface area (Å²) in [5.41, 5.74) is 6.91. The third-order valence-corrected chi connectivity index (χ3v) is 4.78. The number of carbonyl (C=O) groups is 1. The summed E-state index contributed by atoms with van der Waals surface area (Å²) in [6, 6.07) is 5.84. The maximum Gasteiger partial charge on any atom is 0.250 e. The molecule has 0 spiro atoms. The Labute approximate surface area is 132 Å². The van der Waals surface area contributed by atoms with Gasteiger partial charge in [-0.1, -0.05) is 45.2 Å². The number of halogens is 1. The second-order valence-corrected chi connectivity index (χ2v) is 7.47. The van der Waals surface area contributed by atoms with Crippen molar-refractivity contribution < 1.29 is 4.79 Å². The van der Waals surface area contributed by atoms with Crippen LogP contribution < -0.4 is 11.1 Å². The van der Waals surface area contributed by atoms with Crippen molar-refractivity contribution in [3.63, 3.8) is 0 Å². The molecule has 21 heavy (non-hydrogen) atoms. The fourth-order valence-electron chi connectivity index (χ4n) is 3.36. The van der Waals surface area contributed by atoms with E-state index in [2.05, 4.69) is 26.1 Å². The summed E-state index contributed by atoms with van der Waals surface area (Å²) in [6.45, 7) is 6.92. The molecule has 1 amide bonds. The molecule has 2 rings (SSSR count). The molecule has 1 aliphatic rings. The quantitative estimate of drug-likeness (QED) is 0.866. The summed E-state index contributed by atoms with van der Waals surface area (Å²) in [6.07, 6.45) is 5.00. The monoisotopic (exact) mass is 308 g/mol. The molecular formula is C17H25ClN2O. The minimum Gasteiger partial charge on any atom is -0.382 e. The van der Waals surface area contributed by atoms with Gasteiger partial charge in [0.2, 0.25) is 5.91 Å². The molecule has 0 bridgehead atoms. The summed E-state index contributed by atoms with van der Waals surface area (Å²) in [4.78, 5) is 11.2. The van der Waals surface area contributed by atoms with Gasteiger partial charge in [0, 0.05) is 11.7 Å². The summed E-state index contributed by atoms with van der Waals surface area (Å²) < 4.78 is 0. The summed E-state index contributed by atoms with van der Waals surface area (Å²) in [7, 11) is 0. The number of hydrogen-bond donors (Lipinski definition) is 2. The van der Waals surface area contributed by atoms with Gasteiger partial charge in [-0.25, -0.2) is 0 Å². The van der Waals surface area contributed by atoms with Gasteiger partial charge in [-0.15, -0.1) is 0 Å². The van der Waals surface area contributed by atoms with Crippen LogP contribution in [0.2, 0.25) is 5.02 Å². The van der Waals surface area contributed by atoms with E-state index in [1.165, 1.54) is 25.7 Å². The molecule has 3 N–H and O–H groups in total. The Morgan fingerprint density at radius 3 is 2.52 bits per heavy atom. The van der Waals surface area contributed by atoms with Crippen molar-refractivity contribution in [1.82, 2.24) is 0 Å². The lowest BCUT2D eigenvalue weighted by atomic mass is 9.69. The summed E-state index contributed by atoms with van der Waals surface area (Å²) in [5.74, 6) is 0.151. The van der Waals surface area contributed by atoms with Gasteiger partial charge in [0.1, 0.15) is 0 Å². The Kier molecular flexibility index (Phi) is 4.82. The SMILES string of the molecule is CC(C)(C)C1CCCCC1Nc1ccc(C(N)=O)c(Cl)c1. The number of primary amides is 1. The van der Waals surface area contributed by atoms with Crippen LogP contribution in [0, 0.1) is 11.3 Å². The Hall–Kier alpha value is -1.22. The zero-order valence-corrected chi connectivity index (χ0v) is 13.8. The van der Waals surface area contributed by atoms with Crippen molar-refractivity contribution >= 4 is 23.2 Å². The highest BCUT2D eigenvalue weighted by Crippen LogP contribution is 2.39. The molecule has 0 heterocycles. The Morgan fingerprint density at radius 2 is 1.95 bits per heavy atom. The molecule has 3 nitrogen and oxygen atoms in total. The van der Waals surface area contributed by atoms with Crippen LogP contribution in [0.25, 0.3) is 0 Å². The van der Waals surface area contributed by atoms with Crippen molar-refractivity contribution in [1.29, 1.82) is 0 Å². The van der Waals surface area contributed by atoms with Gasteiger partial charge in [-0.2, -0.15) is 0 Å². The van der Waals surface area contributed by atoms with Crippen molar-refractivity contribution in [3.05, 3.63) is 28.8 Å². The Morgan fingerprint density at radius 1 is 1.29 bits per heavy atom. The topological polar surface area (TPSA) is 55.1 Å². The predicted octanol–water partition coefficient (Wildman–Crippen LogP) is 4.46. The first kappa shape index (κ1) is 16.2. The first-order valence-electron chi connectivity index (χ1n) is 7.65. The second kappa shape index (κ2) is 6.27. The molecule has 0 aliphatic heterocycles. The fraction of sp³-hybridized carbons (Fsp3) is 0.588. The molecule has 1 aromatic rings. The van der Waals surface area contributed by atoms with E-state index in [1.54, 1.807) is 12.1 Å². The number of carbonyl (C=O) groups excluding carboxylic acids is 1. The van der Waals surface area contributed by atoms with E-state index in [1.807, 2.05) is 6.07 Å². The molecule has 0 aromatic heterocycles. The van der Waals surface area contributed by atoms with Gasteiger partial charge in [-0.3, -0.25) is 4.79 Å². The molecule has 1 aliphatic carbocycles. The molecule has 116 valence electrons. The van der Waals surface area contributed by atoms with E-state index in [0.717, 1.165) is 5.69 Å². The van der Waals surface area contributed by atoms with E-state index >= 15 is 0 Å². The van der Waals surface area contributed by atoms with E-state index < -0.39 is 5.91 Å². The maximum atomic E-state index is 11.2. The normalized spacial score (nSPS) is 22.9. The van der Waals surface area contributed by atoms with E-state index in [0.29, 0.717) is 22.5 Å². The third-order valence-electron chi connectivity index (χ3n) is 4.46. The average Bonchev–Trinajstić information content (AvgIpc) is 2.37. The van der Waals surface area contributed by atoms with Crippen LogP contribution in [0.15, 0.2) is 18.2 Å². The van der Waals surface area contributed by atoms with E-state index in [-0.39, 0.29) is 5.41 Å². The number of nitrogens with two attached hydrogens (primary N) is 1. The van der Waals surface area contributed by atoms with Crippen molar-refractivity contribution in [2.24, 2.45) is 17.1 Å². The number of amides is 1. The molecule has 1 saturated carbocycles. The highest BCUT2D eigenvalue weighted by Gasteiger charge is 2.34. The molecule has 0 saturated heterocycles. The molecule has 2 unspecified atom stereocenters. The first-order chi connectivity index (χ1) is 9.79. The molecule has 1 fully saturated rings. The molecule has 0 radical (unpaired) electrons. The van der Waals surface area contributed by atoms with Crippen LogP contribution in [0.5, 0.6) is 0 Å². The van der Waals surface area contributed by atoms with Crippen LogP contribution in [0.1, 0.15) is 56.8 Å². The highest BCUT2D eigenvalue weighted by molar-refractivity contribution is 6.34.